The lowest BCUT2D eigenvalue weighted by atomic mass is 10.1. The Morgan fingerprint density at radius 1 is 1.16 bits per heavy atom. The minimum absolute atomic E-state index is 0. The van der Waals surface area contributed by atoms with E-state index in [9.17, 15) is 9.59 Å². The Morgan fingerprint density at radius 2 is 1.97 bits per heavy atom. The van der Waals surface area contributed by atoms with Gasteiger partial charge >= 0.3 is 0 Å². The van der Waals surface area contributed by atoms with E-state index in [1.54, 1.807) is 17.8 Å². The molecule has 166 valence electrons. The molecule has 4 rings (SSSR count). The average Bonchev–Trinajstić information content (AvgIpc) is 3.46. The molecule has 0 aliphatic rings. The molecule has 8 heteroatoms. The molecule has 5 nitrogen and oxygen atoms in total. The van der Waals surface area contributed by atoms with Crippen LogP contribution in [-0.4, -0.2) is 39.7 Å². The molecular formula is C24H25N3O2S3. The van der Waals surface area contributed by atoms with Crippen LogP contribution in [0.3, 0.4) is 0 Å². The van der Waals surface area contributed by atoms with Crippen LogP contribution in [0.5, 0.6) is 0 Å². The van der Waals surface area contributed by atoms with Gasteiger partial charge in [0, 0.05) is 33.6 Å². The molecule has 32 heavy (non-hydrogen) atoms. The van der Waals surface area contributed by atoms with Gasteiger partial charge in [-0.25, -0.2) is 4.98 Å². The highest BCUT2D eigenvalue weighted by molar-refractivity contribution is 7.98. The van der Waals surface area contributed by atoms with Crippen molar-refractivity contribution in [2.75, 3.05) is 12.0 Å². The number of thioether (sulfide) groups is 1. The number of rotatable bonds is 9. The van der Waals surface area contributed by atoms with E-state index in [0.29, 0.717) is 12.0 Å². The zero-order valence-electron chi connectivity index (χ0n) is 17.6. The van der Waals surface area contributed by atoms with E-state index in [0.717, 1.165) is 32.9 Å². The molecule has 2 heterocycles. The molecule has 0 aliphatic carbocycles. The number of aromatic nitrogens is 2. The Balaban J connectivity index is 0.00000289. The average molecular weight is 484 g/mol. The third-order valence-electron chi connectivity index (χ3n) is 5.07. The summed E-state index contributed by atoms with van der Waals surface area (Å²) in [6.45, 7) is 0. The Labute approximate surface area is 202 Å². The second-order valence-electron chi connectivity index (χ2n) is 7.22. The maximum atomic E-state index is 13.0. The summed E-state index contributed by atoms with van der Waals surface area (Å²) in [7, 11) is 0. The third kappa shape index (κ3) is 5.82. The molecular weight excluding hydrogens is 458 g/mol. The number of thiazole rings is 1. The molecule has 2 N–H and O–H groups in total. The van der Waals surface area contributed by atoms with Crippen molar-refractivity contribution in [3.8, 4) is 11.3 Å². The van der Waals surface area contributed by atoms with E-state index >= 15 is 0 Å². The van der Waals surface area contributed by atoms with Gasteiger partial charge in [-0.05, 0) is 42.7 Å². The van der Waals surface area contributed by atoms with Crippen LogP contribution in [0.25, 0.3) is 22.2 Å². The molecule has 0 saturated carbocycles. The monoisotopic (exact) mass is 483 g/mol. The van der Waals surface area contributed by atoms with E-state index in [1.165, 1.54) is 11.3 Å². The molecule has 1 atom stereocenters. The summed E-state index contributed by atoms with van der Waals surface area (Å²) in [5, 5.41) is 6.65. The standard InChI is InChI=1S/C24H23N3O2S2.H2S/c1-30-12-10-20(27-24(29)18-7-8-19-17(13-18)9-11-25-19)22(28)14-23-26-21(15-31-23)16-5-3-2-4-6-16;/h2-9,11,13,15,20,25H,10,12,14H2,1H3,(H,27,29);1H2/t20-;/m0./s1. The number of aromatic amines is 1. The number of hydrogen-bond acceptors (Lipinski definition) is 5. The summed E-state index contributed by atoms with van der Waals surface area (Å²) >= 11 is 3.14. The Kier molecular flexibility index (Phi) is 8.55. The molecule has 2 aromatic heterocycles. The van der Waals surface area contributed by atoms with Crippen molar-refractivity contribution >= 4 is 59.2 Å². The van der Waals surface area contributed by atoms with Gasteiger partial charge in [0.05, 0.1) is 18.2 Å². The van der Waals surface area contributed by atoms with Gasteiger partial charge < -0.3 is 10.3 Å². The summed E-state index contributed by atoms with van der Waals surface area (Å²) in [5.41, 5.74) is 3.43. The van der Waals surface area contributed by atoms with Crippen LogP contribution in [0.15, 0.2) is 66.2 Å². The van der Waals surface area contributed by atoms with Crippen molar-refractivity contribution < 1.29 is 9.59 Å². The highest BCUT2D eigenvalue weighted by atomic mass is 32.2. The lowest BCUT2D eigenvalue weighted by Gasteiger charge is -2.17. The first-order valence-electron chi connectivity index (χ1n) is 10.0. The fraction of sp³-hybridized carbons (Fsp3) is 0.208. The van der Waals surface area contributed by atoms with E-state index in [2.05, 4.69) is 15.3 Å². The smallest absolute Gasteiger partial charge is 0.251 e. The SMILES string of the molecule is CSCC[C@H](NC(=O)c1ccc2[nH]ccc2c1)C(=O)Cc1nc(-c2ccccc2)cs1.S. The van der Waals surface area contributed by atoms with Crippen molar-refractivity contribution in [3.05, 3.63) is 76.7 Å². The minimum Gasteiger partial charge on any atom is -0.361 e. The second kappa shape index (κ2) is 11.4. The number of carbonyl (C=O) groups excluding carboxylic acids is 2. The molecule has 1 amide bonds. The van der Waals surface area contributed by atoms with Crippen LogP contribution in [0, 0.1) is 0 Å². The number of ketones is 1. The van der Waals surface area contributed by atoms with Crippen LogP contribution >= 0.6 is 36.6 Å². The largest absolute Gasteiger partial charge is 0.361 e. The number of H-pyrrole nitrogens is 1. The van der Waals surface area contributed by atoms with Crippen molar-refractivity contribution in [1.82, 2.24) is 15.3 Å². The number of nitrogens with one attached hydrogen (secondary N) is 2. The highest BCUT2D eigenvalue weighted by Crippen LogP contribution is 2.22. The first-order chi connectivity index (χ1) is 15.1. The first kappa shape index (κ1) is 24.1. The zero-order chi connectivity index (χ0) is 21.6. The molecule has 4 aromatic rings. The number of amides is 1. The highest BCUT2D eigenvalue weighted by Gasteiger charge is 2.22. The second-order valence-corrected chi connectivity index (χ2v) is 9.15. The van der Waals surface area contributed by atoms with Gasteiger partial charge in [-0.2, -0.15) is 25.3 Å². The van der Waals surface area contributed by atoms with E-state index < -0.39 is 6.04 Å². The van der Waals surface area contributed by atoms with Crippen LogP contribution in [0.1, 0.15) is 21.8 Å². The maximum Gasteiger partial charge on any atom is 0.251 e. The summed E-state index contributed by atoms with van der Waals surface area (Å²) in [5.74, 6) is 0.548. The normalized spacial score (nSPS) is 11.7. The summed E-state index contributed by atoms with van der Waals surface area (Å²) in [6, 6.07) is 16.8. The molecule has 0 fully saturated rings. The zero-order valence-corrected chi connectivity index (χ0v) is 20.3. The van der Waals surface area contributed by atoms with Gasteiger partial charge in [0.25, 0.3) is 5.91 Å². The van der Waals surface area contributed by atoms with Gasteiger partial charge in [-0.3, -0.25) is 9.59 Å². The van der Waals surface area contributed by atoms with Crippen LogP contribution < -0.4 is 5.32 Å². The van der Waals surface area contributed by atoms with Crippen molar-refractivity contribution in [3.63, 3.8) is 0 Å². The van der Waals surface area contributed by atoms with E-state index in [1.807, 2.05) is 66.4 Å². The number of benzene rings is 2. The molecule has 0 unspecified atom stereocenters. The third-order valence-corrected chi connectivity index (χ3v) is 6.56. The lowest BCUT2D eigenvalue weighted by Crippen LogP contribution is -2.42. The fourth-order valence-corrected chi connectivity index (χ4v) is 4.68. The van der Waals surface area contributed by atoms with E-state index in [-0.39, 0.29) is 31.6 Å². The van der Waals surface area contributed by atoms with Crippen LogP contribution in [-0.2, 0) is 11.2 Å². The van der Waals surface area contributed by atoms with Crippen LogP contribution in [0.2, 0.25) is 0 Å². The quantitative estimate of drug-likeness (QED) is 0.349. The van der Waals surface area contributed by atoms with Gasteiger partial charge in [0.2, 0.25) is 0 Å². The topological polar surface area (TPSA) is 74.8 Å². The van der Waals surface area contributed by atoms with E-state index in [4.69, 9.17) is 0 Å². The summed E-state index contributed by atoms with van der Waals surface area (Å²) in [4.78, 5) is 33.6. The number of carbonyl (C=O) groups is 2. The molecule has 0 bridgehead atoms. The fourth-order valence-electron chi connectivity index (χ4n) is 3.39. The van der Waals surface area contributed by atoms with Gasteiger partial charge in [-0.1, -0.05) is 30.3 Å². The first-order valence-corrected chi connectivity index (χ1v) is 12.3. The number of hydrogen-bond donors (Lipinski definition) is 2. The Bertz CT molecular complexity index is 1190. The van der Waals surface area contributed by atoms with Crippen LogP contribution in [0.4, 0.5) is 0 Å². The van der Waals surface area contributed by atoms with Crippen molar-refractivity contribution in [2.45, 2.75) is 18.9 Å². The van der Waals surface area contributed by atoms with Gasteiger partial charge in [0.1, 0.15) is 5.01 Å². The lowest BCUT2D eigenvalue weighted by molar-refractivity contribution is -0.120. The maximum absolute atomic E-state index is 13.0. The molecule has 0 aliphatic heterocycles. The number of fused-ring (bicyclic) bond motifs is 1. The van der Waals surface area contributed by atoms with Gasteiger partial charge in [-0.15, -0.1) is 11.3 Å². The van der Waals surface area contributed by atoms with Gasteiger partial charge in [0.15, 0.2) is 5.78 Å². The van der Waals surface area contributed by atoms with Crippen molar-refractivity contribution in [2.24, 2.45) is 0 Å². The Morgan fingerprint density at radius 3 is 2.75 bits per heavy atom. The molecule has 0 radical (unpaired) electrons. The summed E-state index contributed by atoms with van der Waals surface area (Å²) in [6.07, 6.45) is 4.65. The van der Waals surface area contributed by atoms with Crippen molar-refractivity contribution in [1.29, 1.82) is 0 Å². The predicted octanol–water partition coefficient (Wildman–Crippen LogP) is 5.07. The molecule has 0 spiro atoms. The predicted molar refractivity (Wildman–Crippen MR) is 139 cm³/mol. The molecule has 0 saturated heterocycles. The number of Topliss-reactive ketones (excluding diaryl/α,β-unsaturated/α-hetero) is 1. The number of nitrogens with zero attached hydrogens (tertiary/aromatic N) is 1. The molecule has 2 aromatic carbocycles. The summed E-state index contributed by atoms with van der Waals surface area (Å²) < 4.78 is 0. The minimum atomic E-state index is -0.536. The Hall–Kier alpha value is -2.55.